The molecule has 1 aromatic rings. The van der Waals surface area contributed by atoms with E-state index in [1.807, 2.05) is 12.1 Å². The van der Waals surface area contributed by atoms with E-state index >= 15 is 0 Å². The highest BCUT2D eigenvalue weighted by Crippen LogP contribution is 2.42. The lowest BCUT2D eigenvalue weighted by molar-refractivity contribution is -0.0677. The van der Waals surface area contributed by atoms with E-state index in [4.69, 9.17) is 4.74 Å². The van der Waals surface area contributed by atoms with E-state index in [0.717, 1.165) is 37.8 Å². The third kappa shape index (κ3) is 5.07. The van der Waals surface area contributed by atoms with Gasteiger partial charge in [0.15, 0.2) is 0 Å². The number of hydrogen-bond donors (Lipinski definition) is 2. The second-order valence-corrected chi connectivity index (χ2v) is 9.17. The molecule has 0 spiro atoms. The average molecular weight is 413 g/mol. The molecule has 0 radical (unpaired) electrons. The van der Waals surface area contributed by atoms with Crippen molar-refractivity contribution in [2.45, 2.75) is 56.7 Å². The predicted molar refractivity (Wildman–Crippen MR) is 118 cm³/mol. The number of benzene rings is 1. The molecular weight excluding hydrogens is 376 g/mol. The minimum Gasteiger partial charge on any atom is -0.395 e. The van der Waals surface area contributed by atoms with Crippen molar-refractivity contribution >= 4 is 0 Å². The zero-order chi connectivity index (χ0) is 20.9. The van der Waals surface area contributed by atoms with Crippen molar-refractivity contribution in [3.05, 3.63) is 35.4 Å². The highest BCUT2D eigenvalue weighted by Gasteiger charge is 2.49. The summed E-state index contributed by atoms with van der Waals surface area (Å²) in [7, 11) is 0. The zero-order valence-electron chi connectivity index (χ0n) is 18.2. The molecular formula is C25H36N2O3. The molecule has 2 N–H and O–H groups in total. The maximum absolute atomic E-state index is 10.1. The van der Waals surface area contributed by atoms with Crippen molar-refractivity contribution in [1.29, 1.82) is 0 Å². The molecule has 3 heterocycles. The Kier molecular flexibility index (Phi) is 7.45. The van der Waals surface area contributed by atoms with Crippen LogP contribution in [0.3, 0.4) is 0 Å². The lowest BCUT2D eigenvalue weighted by Crippen LogP contribution is -2.67. The van der Waals surface area contributed by atoms with Gasteiger partial charge >= 0.3 is 0 Å². The Labute approximate surface area is 181 Å². The van der Waals surface area contributed by atoms with Crippen molar-refractivity contribution in [3.63, 3.8) is 0 Å². The molecule has 1 aromatic carbocycles. The van der Waals surface area contributed by atoms with Crippen LogP contribution in [0, 0.1) is 17.8 Å². The summed E-state index contributed by atoms with van der Waals surface area (Å²) in [6, 6.07) is 9.11. The molecule has 0 aliphatic carbocycles. The fourth-order valence-corrected chi connectivity index (χ4v) is 5.45. The Morgan fingerprint density at radius 1 is 1.13 bits per heavy atom. The summed E-state index contributed by atoms with van der Waals surface area (Å²) in [6.45, 7) is 8.25. The van der Waals surface area contributed by atoms with Gasteiger partial charge in [-0.3, -0.25) is 4.90 Å². The first-order chi connectivity index (χ1) is 14.7. The maximum Gasteiger partial charge on any atom is 0.112 e. The Bertz CT molecular complexity index is 733. The number of hydrogen-bond acceptors (Lipinski definition) is 5. The molecule has 3 aliphatic rings. The van der Waals surface area contributed by atoms with E-state index in [1.54, 1.807) is 6.92 Å². The van der Waals surface area contributed by atoms with Crippen LogP contribution in [-0.2, 0) is 4.74 Å². The van der Waals surface area contributed by atoms with Gasteiger partial charge < -0.3 is 19.8 Å². The van der Waals surface area contributed by atoms with Gasteiger partial charge in [0, 0.05) is 49.9 Å². The van der Waals surface area contributed by atoms with Gasteiger partial charge in [-0.2, -0.15) is 0 Å². The largest absolute Gasteiger partial charge is 0.395 e. The van der Waals surface area contributed by atoms with Crippen LogP contribution < -0.4 is 0 Å². The summed E-state index contributed by atoms with van der Waals surface area (Å²) in [5, 5.41) is 19.5. The van der Waals surface area contributed by atoms with Crippen LogP contribution in [-0.4, -0.2) is 84.2 Å². The zero-order valence-corrected chi connectivity index (χ0v) is 18.2. The van der Waals surface area contributed by atoms with Crippen LogP contribution >= 0.6 is 0 Å². The van der Waals surface area contributed by atoms with Gasteiger partial charge in [-0.15, -0.1) is 0 Å². The molecule has 4 rings (SSSR count). The number of aliphatic hydroxyl groups excluding tert-OH is 2. The molecule has 0 aromatic heterocycles. The lowest BCUT2D eigenvalue weighted by Gasteiger charge is -2.57. The van der Waals surface area contributed by atoms with Gasteiger partial charge in [0.25, 0.3) is 0 Å². The molecule has 30 heavy (non-hydrogen) atoms. The minimum atomic E-state index is -0.611. The number of rotatable bonds is 4. The molecule has 0 saturated carbocycles. The summed E-state index contributed by atoms with van der Waals surface area (Å²) < 4.78 is 5.55. The van der Waals surface area contributed by atoms with Crippen molar-refractivity contribution < 1.29 is 14.9 Å². The molecule has 0 bridgehead atoms. The maximum atomic E-state index is 10.1. The third-order valence-electron chi connectivity index (χ3n) is 7.03. The number of aliphatic hydroxyl groups is 2. The summed E-state index contributed by atoms with van der Waals surface area (Å²) in [4.78, 5) is 5.22. The van der Waals surface area contributed by atoms with Crippen LogP contribution in [0.25, 0.3) is 0 Å². The summed E-state index contributed by atoms with van der Waals surface area (Å²) in [6.07, 6.45) is 4.20. The average Bonchev–Trinajstić information content (AvgIpc) is 2.74. The SMILES string of the molecule is C[C@H](O)C#Cc1ccc([C@H]2[C@@H](CO)N3CCCCN(CC4CCOCC4)C[C@H]23)cc1. The quantitative estimate of drug-likeness (QED) is 0.742. The van der Waals surface area contributed by atoms with Crippen LogP contribution in [0.5, 0.6) is 0 Å². The molecule has 3 saturated heterocycles. The Morgan fingerprint density at radius 2 is 1.87 bits per heavy atom. The first-order valence-electron chi connectivity index (χ1n) is 11.6. The van der Waals surface area contributed by atoms with Gasteiger partial charge in [0.2, 0.25) is 0 Å². The molecule has 0 amide bonds. The smallest absolute Gasteiger partial charge is 0.112 e. The van der Waals surface area contributed by atoms with Gasteiger partial charge in [0.05, 0.1) is 6.61 Å². The fraction of sp³-hybridized carbons (Fsp3) is 0.680. The summed E-state index contributed by atoms with van der Waals surface area (Å²) >= 11 is 0. The van der Waals surface area contributed by atoms with E-state index in [0.29, 0.717) is 12.0 Å². The lowest BCUT2D eigenvalue weighted by atomic mass is 9.74. The molecule has 0 unspecified atom stereocenters. The molecule has 3 aliphatic heterocycles. The first-order valence-corrected chi connectivity index (χ1v) is 11.6. The number of nitrogens with zero attached hydrogens (tertiary/aromatic N) is 2. The van der Waals surface area contributed by atoms with E-state index in [9.17, 15) is 10.2 Å². The van der Waals surface area contributed by atoms with Crippen LogP contribution in [0.4, 0.5) is 0 Å². The van der Waals surface area contributed by atoms with Gasteiger partial charge in [-0.05, 0) is 69.3 Å². The molecule has 4 atom stereocenters. The van der Waals surface area contributed by atoms with Gasteiger partial charge in [-0.1, -0.05) is 24.0 Å². The van der Waals surface area contributed by atoms with Crippen molar-refractivity contribution in [1.82, 2.24) is 9.80 Å². The molecule has 5 heteroatoms. The second-order valence-electron chi connectivity index (χ2n) is 9.17. The van der Waals surface area contributed by atoms with Gasteiger partial charge in [-0.25, -0.2) is 0 Å². The first kappa shape index (κ1) is 21.8. The fourth-order valence-electron chi connectivity index (χ4n) is 5.45. The topological polar surface area (TPSA) is 56.2 Å². The standard InChI is InChI=1S/C25H36N2O3/c1-19(29)4-5-20-6-8-22(9-7-20)25-23-17-26(16-21-10-14-30-15-11-21)12-2-3-13-27(23)24(25)18-28/h6-9,19,21,23-25,28-29H,2-3,10-18H2,1H3/t19-,23+,24+,25+/m0/s1. The Balaban J connectivity index is 1.47. The monoisotopic (exact) mass is 412 g/mol. The van der Waals surface area contributed by atoms with Crippen molar-refractivity contribution in [2.24, 2.45) is 5.92 Å². The van der Waals surface area contributed by atoms with Crippen molar-refractivity contribution in [2.75, 3.05) is 46.0 Å². The third-order valence-corrected chi connectivity index (χ3v) is 7.03. The van der Waals surface area contributed by atoms with E-state index in [2.05, 4.69) is 33.8 Å². The number of ether oxygens (including phenoxy) is 1. The second kappa shape index (κ2) is 10.3. The Morgan fingerprint density at radius 3 is 2.57 bits per heavy atom. The van der Waals surface area contributed by atoms with Crippen molar-refractivity contribution in [3.8, 4) is 11.8 Å². The Hall–Kier alpha value is -1.42. The highest BCUT2D eigenvalue weighted by atomic mass is 16.5. The predicted octanol–water partition coefficient (Wildman–Crippen LogP) is 2.07. The summed E-state index contributed by atoms with van der Waals surface area (Å²) in [5.74, 6) is 6.95. The molecule has 164 valence electrons. The van der Waals surface area contributed by atoms with Crippen LogP contribution in [0.15, 0.2) is 24.3 Å². The van der Waals surface area contributed by atoms with Gasteiger partial charge in [0.1, 0.15) is 6.10 Å². The van der Waals surface area contributed by atoms with E-state index in [-0.39, 0.29) is 12.6 Å². The normalized spacial score (nSPS) is 29.6. The van der Waals surface area contributed by atoms with E-state index in [1.165, 1.54) is 44.3 Å². The van der Waals surface area contributed by atoms with Crippen LogP contribution in [0.1, 0.15) is 49.7 Å². The van der Waals surface area contributed by atoms with Crippen LogP contribution in [0.2, 0.25) is 0 Å². The molecule has 3 fully saturated rings. The highest BCUT2D eigenvalue weighted by molar-refractivity contribution is 5.39. The molecule has 5 nitrogen and oxygen atoms in total. The summed E-state index contributed by atoms with van der Waals surface area (Å²) in [5.41, 5.74) is 2.22. The minimum absolute atomic E-state index is 0.213. The number of fused-ring (bicyclic) bond motifs is 1. The van der Waals surface area contributed by atoms with E-state index < -0.39 is 6.10 Å².